The van der Waals surface area contributed by atoms with E-state index < -0.39 is 41.6 Å². The molecule has 11 aromatic carbocycles. The minimum absolute atomic E-state index is 0.0203. The fraction of sp³-hybridized carbons (Fsp3) is 0.154. The van der Waals surface area contributed by atoms with E-state index in [2.05, 4.69) is 10.8 Å². The summed E-state index contributed by atoms with van der Waals surface area (Å²) in [6, 6.07) is 58.1. The summed E-state index contributed by atoms with van der Waals surface area (Å²) in [7, 11) is 0. The highest BCUT2D eigenvalue weighted by Gasteiger charge is 2.37. The molecule has 0 bridgehead atoms. The van der Waals surface area contributed by atoms with E-state index in [1.54, 1.807) is 79.7 Å². The molecule has 0 amide bonds. The monoisotopic (exact) mass is 1380 g/mol. The average Bonchev–Trinajstić information content (AvgIpc) is 0.824. The lowest BCUT2D eigenvalue weighted by atomic mass is 9.98. The Labute approximate surface area is 569 Å². The van der Waals surface area contributed by atoms with Gasteiger partial charge in [0.1, 0.15) is 79.9 Å². The van der Waals surface area contributed by atoms with Gasteiger partial charge in [-0.05, 0) is 228 Å². The average molecular weight is 1390 g/mol. The van der Waals surface area contributed by atoms with Crippen LogP contribution in [0.4, 0.5) is 75.4 Å². The smallest absolute Gasteiger partial charge is 0.457 e. The maximum Gasteiger partial charge on any atom is 0.573 e. The third-order valence-electron chi connectivity index (χ3n) is 14.8. The number of hydrogen-bond donors (Lipinski definition) is 4. The van der Waals surface area contributed by atoms with Crippen LogP contribution in [0.25, 0.3) is 22.3 Å². The molecule has 100 heavy (non-hydrogen) atoms. The van der Waals surface area contributed by atoms with Crippen molar-refractivity contribution in [2.75, 3.05) is 22.9 Å². The lowest BCUT2D eigenvalue weighted by Gasteiger charge is -2.15. The van der Waals surface area contributed by atoms with Crippen LogP contribution >= 0.6 is 0 Å². The summed E-state index contributed by atoms with van der Waals surface area (Å²) in [6.07, 6.45) is -18.4. The highest BCUT2D eigenvalue weighted by Crippen LogP contribution is 2.44. The van der Waals surface area contributed by atoms with Gasteiger partial charge in [0.15, 0.2) is 0 Å². The minimum Gasteiger partial charge on any atom is -0.457 e. The number of halogens is 12. The zero-order valence-corrected chi connectivity index (χ0v) is 55.1. The van der Waals surface area contributed by atoms with Crippen LogP contribution in [0.1, 0.15) is 61.2 Å². The van der Waals surface area contributed by atoms with Gasteiger partial charge < -0.3 is 51.4 Å². The first-order chi connectivity index (χ1) is 46.9. The van der Waals surface area contributed by atoms with Gasteiger partial charge in [-0.3, -0.25) is 0 Å². The summed E-state index contributed by atoms with van der Waals surface area (Å²) in [5, 5.41) is 0. The van der Waals surface area contributed by atoms with Crippen LogP contribution < -0.4 is 51.4 Å². The molecule has 0 spiro atoms. The molecule has 22 heteroatoms. The van der Waals surface area contributed by atoms with E-state index in [9.17, 15) is 52.7 Å². The van der Waals surface area contributed by atoms with Gasteiger partial charge >= 0.3 is 24.9 Å². The molecule has 11 aromatic rings. The second-order valence-corrected chi connectivity index (χ2v) is 23.2. The molecule has 0 heterocycles. The Bertz CT molecular complexity index is 4630. The Morgan fingerprint density at radius 2 is 0.500 bits per heavy atom. The molecule has 0 unspecified atom stereocenters. The summed E-state index contributed by atoms with van der Waals surface area (Å²) in [5.41, 5.74) is 30.5. The Balaban J connectivity index is 0.000000174. The van der Waals surface area contributed by atoms with E-state index in [1.165, 1.54) is 54.1 Å². The van der Waals surface area contributed by atoms with Crippen molar-refractivity contribution >= 4 is 22.7 Å². The number of alkyl halides is 12. The highest BCUT2D eigenvalue weighted by atomic mass is 19.4. The summed E-state index contributed by atoms with van der Waals surface area (Å²) < 4.78 is 188. The molecule has 0 aliphatic carbocycles. The molecule has 0 radical (unpaired) electrons. The molecule has 0 aromatic heterocycles. The van der Waals surface area contributed by atoms with Gasteiger partial charge in [0.25, 0.3) is 0 Å². The summed E-state index contributed by atoms with van der Waals surface area (Å²) in [5.74, 6) is 2.60. The topological polar surface area (TPSA) is 159 Å². The van der Waals surface area contributed by atoms with Crippen LogP contribution in [-0.4, -0.2) is 6.36 Å². The van der Waals surface area contributed by atoms with E-state index in [0.717, 1.165) is 74.0 Å². The fourth-order valence-electron chi connectivity index (χ4n) is 10.0. The molecule has 0 saturated heterocycles. The number of hydrogen-bond acceptors (Lipinski definition) is 10. The van der Waals surface area contributed by atoms with Crippen molar-refractivity contribution in [2.45, 2.75) is 80.3 Å². The molecular formula is C78H68F12N4O6. The second-order valence-electron chi connectivity index (χ2n) is 23.2. The van der Waals surface area contributed by atoms with Gasteiger partial charge in [-0.15, -0.1) is 13.2 Å². The van der Waals surface area contributed by atoms with Gasteiger partial charge in [0.2, 0.25) is 0 Å². The van der Waals surface area contributed by atoms with Crippen molar-refractivity contribution in [3.63, 3.8) is 0 Å². The molecule has 0 fully saturated rings. The predicted octanol–water partition coefficient (Wildman–Crippen LogP) is 23.8. The zero-order chi connectivity index (χ0) is 73.0. The maximum atomic E-state index is 13.3. The molecule has 0 aliphatic heterocycles. The molecule has 0 saturated carbocycles. The van der Waals surface area contributed by atoms with Crippen molar-refractivity contribution in [3.8, 4) is 85.5 Å². The van der Waals surface area contributed by atoms with Gasteiger partial charge in [-0.1, -0.05) is 101 Å². The lowest BCUT2D eigenvalue weighted by molar-refractivity contribution is -0.274. The Hall–Kier alpha value is -11.4. The van der Waals surface area contributed by atoms with Crippen LogP contribution in [0.3, 0.4) is 0 Å². The van der Waals surface area contributed by atoms with Crippen molar-refractivity contribution in [2.24, 2.45) is 0 Å². The summed E-state index contributed by atoms with van der Waals surface area (Å²) in [4.78, 5) is 0. The normalized spacial score (nSPS) is 11.4. The van der Waals surface area contributed by atoms with E-state index in [0.29, 0.717) is 39.9 Å². The Morgan fingerprint density at radius 1 is 0.240 bits per heavy atom. The minimum atomic E-state index is -4.75. The zero-order valence-electron chi connectivity index (χ0n) is 55.1. The maximum absolute atomic E-state index is 13.3. The molecule has 11 rings (SSSR count). The number of anilines is 4. The van der Waals surface area contributed by atoms with Crippen LogP contribution in [0, 0.1) is 55.4 Å². The molecule has 0 atom stereocenters. The number of aryl methyl sites for hydroxylation is 8. The molecule has 520 valence electrons. The standard InChI is InChI=1S/C27H22F3NO2.C21H18F3NO2.2C15H14F3NO/c1-17-3-13-25(18(2)15-17)32-22-9-4-19(5-10-22)20-6-11-23(12-7-20)33-26-14-8-21(31)16-24(26)27(28,29)30;1-13-3-9-19(14(2)11-13)26-16-5-7-17(8-6-16)27-20-10-4-15(25)12-18(20)21(22,23)24;1-9-3-5-13(10(2)7-9)20-14-6-4-11(19)8-12(14)15(16,17)18;1-9-3-5-12(10(2)7-9)13-6-4-11(19)8-14(13)20-15(16,17)18/h3-16H,31H2,1-2H3;3-12H,25H2,1-2H3;2*3-8H,19H2,1-2H3. The Morgan fingerprint density at radius 3 is 0.820 bits per heavy atom. The number of nitrogens with two attached hydrogens (primary N) is 4. The van der Waals surface area contributed by atoms with E-state index in [4.69, 9.17) is 46.6 Å². The van der Waals surface area contributed by atoms with Gasteiger partial charge in [-0.2, -0.15) is 39.5 Å². The van der Waals surface area contributed by atoms with Crippen LogP contribution in [0.15, 0.2) is 218 Å². The second kappa shape index (κ2) is 31.4. The first-order valence-electron chi connectivity index (χ1n) is 30.5. The highest BCUT2D eigenvalue weighted by molar-refractivity contribution is 5.76. The van der Waals surface area contributed by atoms with Crippen molar-refractivity contribution in [1.82, 2.24) is 0 Å². The lowest BCUT2D eigenvalue weighted by Crippen LogP contribution is -2.17. The largest absolute Gasteiger partial charge is 0.573 e. The fourth-order valence-corrected chi connectivity index (χ4v) is 10.0. The van der Waals surface area contributed by atoms with Crippen molar-refractivity contribution < 1.29 is 81.1 Å². The third-order valence-corrected chi connectivity index (χ3v) is 14.8. The SMILES string of the molecule is Cc1ccc(-c2ccc(N)cc2OC(F)(F)F)c(C)c1.Cc1ccc(Oc2ccc(-c3ccc(Oc4ccc(N)cc4C(F)(F)F)cc3)cc2)c(C)c1.Cc1ccc(Oc2ccc(N)cc2C(F)(F)F)c(C)c1.Cc1ccc(Oc2ccc(Oc3ccc(N)cc3C(F)(F)F)cc2)c(C)c1. The van der Waals surface area contributed by atoms with Gasteiger partial charge in [0, 0.05) is 34.4 Å². The van der Waals surface area contributed by atoms with E-state index in [-0.39, 0.29) is 51.5 Å². The quantitative estimate of drug-likeness (QED) is 0.0646. The first-order valence-corrected chi connectivity index (χ1v) is 30.5. The van der Waals surface area contributed by atoms with Crippen LogP contribution in [0.2, 0.25) is 0 Å². The summed E-state index contributed by atoms with van der Waals surface area (Å²) >= 11 is 0. The van der Waals surface area contributed by atoms with Gasteiger partial charge in [0.05, 0.1) is 0 Å². The van der Waals surface area contributed by atoms with Crippen LogP contribution in [-0.2, 0) is 18.5 Å². The number of ether oxygens (including phenoxy) is 6. The molecule has 0 aliphatic rings. The Kier molecular flexibility index (Phi) is 23.4. The number of nitrogen functional groups attached to an aromatic ring is 4. The number of rotatable bonds is 13. The molecule has 10 nitrogen and oxygen atoms in total. The summed E-state index contributed by atoms with van der Waals surface area (Å²) in [6.45, 7) is 15.4. The molecular weight excluding hydrogens is 1320 g/mol. The van der Waals surface area contributed by atoms with E-state index >= 15 is 0 Å². The first kappa shape index (κ1) is 74.4. The number of benzene rings is 11. The predicted molar refractivity (Wildman–Crippen MR) is 366 cm³/mol. The van der Waals surface area contributed by atoms with Crippen molar-refractivity contribution in [3.05, 3.63) is 280 Å². The van der Waals surface area contributed by atoms with E-state index in [1.807, 2.05) is 121 Å². The van der Waals surface area contributed by atoms with Gasteiger partial charge in [-0.25, -0.2) is 0 Å². The van der Waals surface area contributed by atoms with Crippen LogP contribution in [0.5, 0.6) is 63.2 Å². The van der Waals surface area contributed by atoms with Crippen molar-refractivity contribution in [1.29, 1.82) is 0 Å². The molecule has 8 N–H and O–H groups in total. The third kappa shape index (κ3) is 21.0.